The molecule has 8 N–H and O–H groups in total. The van der Waals surface area contributed by atoms with Gasteiger partial charge in [0, 0.05) is 5.56 Å². The van der Waals surface area contributed by atoms with Gasteiger partial charge in [0.2, 0.25) is 12.6 Å². The van der Waals surface area contributed by atoms with Crippen LogP contribution < -0.4 is 9.47 Å². The van der Waals surface area contributed by atoms with Gasteiger partial charge in [0.15, 0.2) is 0 Å². The third-order valence-corrected chi connectivity index (χ3v) is 8.85. The molecule has 0 saturated carbocycles. The lowest BCUT2D eigenvalue weighted by atomic mass is 9.92. The van der Waals surface area contributed by atoms with Crippen molar-refractivity contribution in [2.75, 3.05) is 13.2 Å². The van der Waals surface area contributed by atoms with Gasteiger partial charge in [0.05, 0.1) is 13.2 Å². The summed E-state index contributed by atoms with van der Waals surface area (Å²) in [6.07, 6.45) is -6.84. The van der Waals surface area contributed by atoms with Crippen molar-refractivity contribution >= 4 is 0 Å². The molecule has 0 aromatic heterocycles. The van der Waals surface area contributed by atoms with Crippen molar-refractivity contribution in [1.29, 1.82) is 0 Å². The predicted molar refractivity (Wildman–Crippen MR) is 165 cm³/mol. The second-order valence-corrected chi connectivity index (χ2v) is 13.1. The van der Waals surface area contributed by atoms with Crippen molar-refractivity contribution in [3.8, 4) is 11.5 Å². The Morgan fingerprint density at radius 3 is 1.60 bits per heavy atom. The molecular formula is C33H56O12. The third-order valence-electron chi connectivity index (χ3n) is 8.85. The van der Waals surface area contributed by atoms with E-state index in [2.05, 4.69) is 27.7 Å². The zero-order chi connectivity index (χ0) is 33.3. The number of ether oxygens (including phenoxy) is 4. The zero-order valence-corrected chi connectivity index (χ0v) is 27.1. The molecule has 2 heterocycles. The van der Waals surface area contributed by atoms with Crippen molar-refractivity contribution in [1.82, 2.24) is 0 Å². The molecule has 0 radical (unpaired) electrons. The molecule has 260 valence electrons. The standard InChI is InChI=1S/C33H56O12/c1-5-6-7-11-20-14-22(42-32-30(40)28(38)26(36)24(16-34)44-32)21(13-12-19(4)10-8-9-18(2)3)23(15-20)43-33-31(41)29(39)27(37)25(17-35)45-33/h14-15,18-19,24-41H,5-13,16-17H2,1-4H3/t19-,24-,25-,26-,27-,28+,29+,30-,31-,32-,33-/m1/s1. The van der Waals surface area contributed by atoms with E-state index in [1.54, 1.807) is 0 Å². The van der Waals surface area contributed by atoms with Gasteiger partial charge in [-0.1, -0.05) is 59.8 Å². The van der Waals surface area contributed by atoms with Gasteiger partial charge in [-0.25, -0.2) is 0 Å². The second kappa shape index (κ2) is 18.1. The van der Waals surface area contributed by atoms with E-state index in [0.717, 1.165) is 50.5 Å². The lowest BCUT2D eigenvalue weighted by molar-refractivity contribution is -0.279. The van der Waals surface area contributed by atoms with Crippen LogP contribution in [0.4, 0.5) is 0 Å². The topological polar surface area (TPSA) is 199 Å². The molecule has 2 saturated heterocycles. The summed E-state index contributed by atoms with van der Waals surface area (Å²) in [5, 5.41) is 82.3. The van der Waals surface area contributed by atoms with E-state index in [1.807, 2.05) is 12.1 Å². The maximum atomic E-state index is 10.8. The fourth-order valence-corrected chi connectivity index (χ4v) is 5.84. The molecule has 11 atom stereocenters. The average Bonchev–Trinajstić information content (AvgIpc) is 3.01. The highest BCUT2D eigenvalue weighted by atomic mass is 16.7. The summed E-state index contributed by atoms with van der Waals surface area (Å²) in [7, 11) is 0. The Labute approximate surface area is 266 Å². The number of hydrogen-bond acceptors (Lipinski definition) is 12. The first kappa shape index (κ1) is 37.9. The lowest BCUT2D eigenvalue weighted by Gasteiger charge is -2.40. The number of aliphatic hydroxyl groups is 8. The summed E-state index contributed by atoms with van der Waals surface area (Å²) >= 11 is 0. The first-order valence-electron chi connectivity index (χ1n) is 16.5. The van der Waals surface area contributed by atoms with Crippen LogP contribution in [0.5, 0.6) is 11.5 Å². The Kier molecular flexibility index (Phi) is 15.2. The van der Waals surface area contributed by atoms with Crippen LogP contribution in [0.15, 0.2) is 12.1 Å². The largest absolute Gasteiger partial charge is 0.462 e. The minimum atomic E-state index is -1.62. The number of aliphatic hydroxyl groups excluding tert-OH is 8. The molecule has 0 amide bonds. The Hall–Kier alpha value is -1.58. The monoisotopic (exact) mass is 644 g/mol. The SMILES string of the molecule is CCCCCc1cc(O[C@@H]2O[C@H](CO)[C@@H](O)[C@H](O)[C@H]2O)c(CC[C@H](C)CCCC(C)C)c(O[C@@H]2O[C@H](CO)[C@@H](O)[C@H](O)[C@H]2O)c1. The van der Waals surface area contributed by atoms with Crippen LogP contribution in [0.25, 0.3) is 0 Å². The van der Waals surface area contributed by atoms with E-state index in [9.17, 15) is 40.9 Å². The smallest absolute Gasteiger partial charge is 0.229 e. The van der Waals surface area contributed by atoms with Gasteiger partial charge in [-0.15, -0.1) is 0 Å². The van der Waals surface area contributed by atoms with Gasteiger partial charge in [0.25, 0.3) is 0 Å². The summed E-state index contributed by atoms with van der Waals surface area (Å²) in [5.41, 5.74) is 1.38. The Morgan fingerprint density at radius 1 is 0.644 bits per heavy atom. The van der Waals surface area contributed by atoms with Gasteiger partial charge in [0.1, 0.15) is 60.3 Å². The van der Waals surface area contributed by atoms with Gasteiger partial charge in [-0.2, -0.15) is 0 Å². The number of rotatable bonds is 17. The van der Waals surface area contributed by atoms with Gasteiger partial charge in [-0.05, 0) is 55.2 Å². The minimum Gasteiger partial charge on any atom is -0.462 e. The van der Waals surface area contributed by atoms with Crippen LogP contribution in [-0.4, -0.2) is 115 Å². The van der Waals surface area contributed by atoms with Crippen molar-refractivity contribution in [3.63, 3.8) is 0 Å². The predicted octanol–water partition coefficient (Wildman–Crippen LogP) is 1.17. The molecule has 0 unspecified atom stereocenters. The van der Waals surface area contributed by atoms with Gasteiger partial charge >= 0.3 is 0 Å². The van der Waals surface area contributed by atoms with Gasteiger partial charge < -0.3 is 59.8 Å². The molecule has 0 aliphatic carbocycles. The summed E-state index contributed by atoms with van der Waals surface area (Å²) in [4.78, 5) is 0. The highest BCUT2D eigenvalue weighted by Crippen LogP contribution is 2.38. The molecule has 3 rings (SSSR count). The molecule has 2 fully saturated rings. The Bertz CT molecular complexity index is 945. The van der Waals surface area contributed by atoms with Crippen LogP contribution in [0.3, 0.4) is 0 Å². The van der Waals surface area contributed by atoms with Crippen molar-refractivity contribution in [3.05, 3.63) is 23.3 Å². The van der Waals surface area contributed by atoms with Crippen LogP contribution in [-0.2, 0) is 22.3 Å². The van der Waals surface area contributed by atoms with E-state index in [4.69, 9.17) is 18.9 Å². The molecule has 45 heavy (non-hydrogen) atoms. The van der Waals surface area contributed by atoms with Gasteiger partial charge in [-0.3, -0.25) is 0 Å². The Balaban J connectivity index is 2.00. The lowest BCUT2D eigenvalue weighted by Crippen LogP contribution is -2.60. The summed E-state index contributed by atoms with van der Waals surface area (Å²) in [6, 6.07) is 3.63. The summed E-state index contributed by atoms with van der Waals surface area (Å²) in [5.74, 6) is 1.53. The van der Waals surface area contributed by atoms with Crippen LogP contribution in [0.2, 0.25) is 0 Å². The molecule has 12 nitrogen and oxygen atoms in total. The number of aryl methyl sites for hydroxylation is 1. The normalized spacial score (nSPS) is 32.9. The molecule has 0 bridgehead atoms. The number of hydrogen-bond donors (Lipinski definition) is 8. The maximum absolute atomic E-state index is 10.8. The quantitative estimate of drug-likeness (QED) is 0.113. The second-order valence-electron chi connectivity index (χ2n) is 13.1. The van der Waals surface area contributed by atoms with Crippen LogP contribution in [0.1, 0.15) is 83.8 Å². The first-order valence-corrected chi connectivity index (χ1v) is 16.5. The molecule has 1 aromatic rings. The molecule has 2 aliphatic heterocycles. The maximum Gasteiger partial charge on any atom is 0.229 e. The summed E-state index contributed by atoms with van der Waals surface area (Å²) < 4.78 is 23.8. The molecular weight excluding hydrogens is 588 g/mol. The zero-order valence-electron chi connectivity index (χ0n) is 27.1. The van der Waals surface area contributed by atoms with Crippen molar-refractivity contribution in [2.45, 2.75) is 147 Å². The highest BCUT2D eigenvalue weighted by molar-refractivity contribution is 5.49. The van der Waals surface area contributed by atoms with E-state index in [1.165, 1.54) is 0 Å². The van der Waals surface area contributed by atoms with E-state index in [0.29, 0.717) is 41.7 Å². The minimum absolute atomic E-state index is 0.294. The molecule has 12 heteroatoms. The van der Waals surface area contributed by atoms with Crippen molar-refractivity contribution < 1.29 is 59.8 Å². The van der Waals surface area contributed by atoms with E-state index in [-0.39, 0.29) is 0 Å². The first-order chi connectivity index (χ1) is 21.4. The van der Waals surface area contributed by atoms with Crippen LogP contribution in [0, 0.1) is 11.8 Å². The molecule has 1 aromatic carbocycles. The number of benzene rings is 1. The Morgan fingerprint density at radius 2 is 1.16 bits per heavy atom. The summed E-state index contributed by atoms with van der Waals surface area (Å²) in [6.45, 7) is 7.43. The van der Waals surface area contributed by atoms with E-state index >= 15 is 0 Å². The molecule has 2 aliphatic rings. The van der Waals surface area contributed by atoms with Crippen LogP contribution >= 0.6 is 0 Å². The average molecular weight is 645 g/mol. The third kappa shape index (κ3) is 10.2. The molecule has 0 spiro atoms. The fourth-order valence-electron chi connectivity index (χ4n) is 5.84. The highest BCUT2D eigenvalue weighted by Gasteiger charge is 2.46. The van der Waals surface area contributed by atoms with Crippen molar-refractivity contribution in [2.24, 2.45) is 11.8 Å². The number of unbranched alkanes of at least 4 members (excludes halogenated alkanes) is 2. The fraction of sp³-hybridized carbons (Fsp3) is 0.818. The van der Waals surface area contributed by atoms with E-state index < -0.39 is 74.6 Å².